The first-order valence-corrected chi connectivity index (χ1v) is 10.9. The van der Waals surface area contributed by atoms with E-state index in [9.17, 15) is 14.4 Å². The van der Waals surface area contributed by atoms with Gasteiger partial charge in [-0.2, -0.15) is 10.2 Å². The molecule has 2 heterocycles. The fraction of sp³-hybridized carbons (Fsp3) is 0. The Kier molecular flexibility index (Phi) is 5.56. The number of benzene rings is 3. The maximum Gasteiger partial charge on any atom is 0.365 e. The van der Waals surface area contributed by atoms with E-state index in [0.717, 1.165) is 10.0 Å². The molecule has 0 aliphatic carbocycles. The Hall–Kier alpha value is -4.44. The first-order chi connectivity index (χ1) is 16.5. The van der Waals surface area contributed by atoms with Gasteiger partial charge in [0.1, 0.15) is 0 Å². The van der Waals surface area contributed by atoms with Crippen LogP contribution in [0.15, 0.2) is 97.0 Å². The fourth-order valence-electron chi connectivity index (χ4n) is 3.44. The van der Waals surface area contributed by atoms with E-state index in [2.05, 4.69) is 41.5 Å². The minimum absolute atomic E-state index is 0.0399. The highest BCUT2D eigenvalue weighted by Crippen LogP contribution is 2.26. The van der Waals surface area contributed by atoms with Crippen LogP contribution in [0.4, 0.5) is 11.4 Å². The van der Waals surface area contributed by atoms with Crippen LogP contribution in [0.2, 0.25) is 0 Å². The number of carbonyl (C=O) groups is 1. The third kappa shape index (κ3) is 4.02. The lowest BCUT2D eigenvalue weighted by molar-refractivity contribution is -0.110. The van der Waals surface area contributed by atoms with Crippen molar-refractivity contribution in [1.29, 1.82) is 0 Å². The van der Waals surface area contributed by atoms with Gasteiger partial charge < -0.3 is 5.32 Å². The number of aliphatic imine (C=N–C) groups is 1. The molecule has 166 valence electrons. The molecule has 3 aromatic carbocycles. The SMILES string of the molecule is O=C1Nc2ccccc2/C1=N\n1c(=O)[nH]nc(-c2ccccc2N=Cc2ccc(Br)cc2)c1=O. The molecule has 1 amide bonds. The lowest BCUT2D eigenvalue weighted by Gasteiger charge is -2.06. The van der Waals surface area contributed by atoms with Crippen LogP contribution in [0.1, 0.15) is 11.1 Å². The summed E-state index contributed by atoms with van der Waals surface area (Å²) in [6, 6.07) is 21.4. The molecule has 5 rings (SSSR count). The van der Waals surface area contributed by atoms with Crippen molar-refractivity contribution in [3.05, 3.63) is 109 Å². The van der Waals surface area contributed by atoms with Crippen molar-refractivity contribution >= 4 is 45.1 Å². The number of nitrogens with one attached hydrogen (secondary N) is 2. The van der Waals surface area contributed by atoms with Gasteiger partial charge in [-0.25, -0.2) is 9.89 Å². The molecule has 4 aromatic rings. The number of halogens is 1. The van der Waals surface area contributed by atoms with Crippen molar-refractivity contribution < 1.29 is 4.79 Å². The molecular weight excluding hydrogens is 500 g/mol. The molecule has 0 fully saturated rings. The Labute approximate surface area is 200 Å². The monoisotopic (exact) mass is 514 g/mol. The van der Waals surface area contributed by atoms with E-state index in [1.807, 2.05) is 24.3 Å². The molecule has 9 nitrogen and oxygen atoms in total. The first-order valence-electron chi connectivity index (χ1n) is 10.1. The maximum atomic E-state index is 13.2. The number of H-pyrrole nitrogens is 1. The van der Waals surface area contributed by atoms with Crippen LogP contribution in [0.3, 0.4) is 0 Å². The van der Waals surface area contributed by atoms with Gasteiger partial charge in [0.25, 0.3) is 5.91 Å². The van der Waals surface area contributed by atoms with E-state index in [0.29, 0.717) is 27.2 Å². The zero-order valence-corrected chi connectivity index (χ0v) is 19.0. The molecule has 1 aromatic heterocycles. The second-order valence-corrected chi connectivity index (χ2v) is 8.19. The van der Waals surface area contributed by atoms with Gasteiger partial charge in [-0.15, -0.1) is 4.68 Å². The molecule has 34 heavy (non-hydrogen) atoms. The van der Waals surface area contributed by atoms with Gasteiger partial charge in [-0.1, -0.05) is 64.5 Å². The minimum Gasteiger partial charge on any atom is -0.320 e. The van der Waals surface area contributed by atoms with Crippen molar-refractivity contribution in [3.63, 3.8) is 0 Å². The predicted octanol–water partition coefficient (Wildman–Crippen LogP) is 3.32. The number of anilines is 1. The van der Waals surface area contributed by atoms with Gasteiger partial charge in [-0.05, 0) is 29.8 Å². The lowest BCUT2D eigenvalue weighted by Crippen LogP contribution is -2.36. The highest BCUT2D eigenvalue weighted by atomic mass is 79.9. The number of rotatable bonds is 4. The molecular formula is C24H15BrN6O3. The van der Waals surface area contributed by atoms with E-state index in [1.165, 1.54) is 0 Å². The third-order valence-corrected chi connectivity index (χ3v) is 5.61. The predicted molar refractivity (Wildman–Crippen MR) is 133 cm³/mol. The van der Waals surface area contributed by atoms with Gasteiger partial charge >= 0.3 is 11.2 Å². The van der Waals surface area contributed by atoms with Crippen LogP contribution in [0.25, 0.3) is 11.3 Å². The summed E-state index contributed by atoms with van der Waals surface area (Å²) in [7, 11) is 0. The molecule has 0 saturated carbocycles. The lowest BCUT2D eigenvalue weighted by atomic mass is 10.1. The highest BCUT2D eigenvalue weighted by Gasteiger charge is 2.26. The first kappa shape index (κ1) is 21.4. The number of aromatic amines is 1. The van der Waals surface area contributed by atoms with Gasteiger partial charge in [-0.3, -0.25) is 14.6 Å². The molecule has 2 N–H and O–H groups in total. The quantitative estimate of drug-likeness (QED) is 0.405. The normalized spacial score (nSPS) is 13.9. The van der Waals surface area contributed by atoms with E-state index in [1.54, 1.807) is 54.7 Å². The largest absolute Gasteiger partial charge is 0.365 e. The summed E-state index contributed by atoms with van der Waals surface area (Å²) in [5, 5.41) is 13.0. The second kappa shape index (κ2) is 8.83. The highest BCUT2D eigenvalue weighted by molar-refractivity contribution is 9.10. The molecule has 1 aliphatic rings. The van der Waals surface area contributed by atoms with Crippen LogP contribution in [-0.2, 0) is 4.79 Å². The molecule has 0 atom stereocenters. The number of para-hydroxylation sites is 2. The molecule has 0 unspecified atom stereocenters. The average Bonchev–Trinajstić information content (AvgIpc) is 3.16. The molecule has 0 saturated heterocycles. The van der Waals surface area contributed by atoms with Crippen molar-refractivity contribution in [2.24, 2.45) is 10.1 Å². The Morgan fingerprint density at radius 2 is 1.59 bits per heavy atom. The van der Waals surface area contributed by atoms with E-state index < -0.39 is 17.2 Å². The number of hydrogen-bond donors (Lipinski definition) is 2. The number of hydrogen-bond acceptors (Lipinski definition) is 6. The van der Waals surface area contributed by atoms with Gasteiger partial charge in [0.15, 0.2) is 11.4 Å². The minimum atomic E-state index is -0.866. The zero-order valence-electron chi connectivity index (χ0n) is 17.4. The Morgan fingerprint density at radius 3 is 2.38 bits per heavy atom. The number of aromatic nitrogens is 3. The molecule has 0 bridgehead atoms. The molecule has 0 spiro atoms. The third-order valence-electron chi connectivity index (χ3n) is 5.08. The van der Waals surface area contributed by atoms with Crippen LogP contribution >= 0.6 is 15.9 Å². The van der Waals surface area contributed by atoms with E-state index in [-0.39, 0.29) is 11.4 Å². The summed E-state index contributed by atoms with van der Waals surface area (Å²) in [6.07, 6.45) is 1.66. The summed E-state index contributed by atoms with van der Waals surface area (Å²) < 4.78 is 1.55. The number of nitrogens with zero attached hydrogens (tertiary/aromatic N) is 4. The topological polar surface area (TPSA) is 122 Å². The average molecular weight is 515 g/mol. The van der Waals surface area contributed by atoms with Crippen molar-refractivity contribution in [2.75, 3.05) is 5.32 Å². The Balaban J connectivity index is 1.60. The van der Waals surface area contributed by atoms with Gasteiger partial charge in [0.2, 0.25) is 0 Å². The number of carbonyl (C=O) groups excluding carboxylic acids is 1. The van der Waals surface area contributed by atoms with E-state index >= 15 is 0 Å². The molecule has 10 heteroatoms. The molecule has 1 aliphatic heterocycles. The zero-order chi connectivity index (χ0) is 23.7. The number of fused-ring (bicyclic) bond motifs is 1. The van der Waals surface area contributed by atoms with Crippen molar-refractivity contribution in [1.82, 2.24) is 14.9 Å². The molecule has 0 radical (unpaired) electrons. The standard InChI is InChI=1S/C24H15BrN6O3/c25-15-11-9-14(10-12-15)13-26-18-7-3-1-5-16(18)21-23(33)31(24(34)29-28-21)30-20-17-6-2-4-8-19(17)27-22(20)32/h1-13H,(H,29,34)(H,27,30,32). The van der Waals surface area contributed by atoms with Crippen molar-refractivity contribution in [3.8, 4) is 11.3 Å². The van der Waals surface area contributed by atoms with Crippen LogP contribution in [0, 0.1) is 0 Å². The summed E-state index contributed by atoms with van der Waals surface area (Å²) in [6.45, 7) is 0. The fourth-order valence-corrected chi connectivity index (χ4v) is 3.70. The van der Waals surface area contributed by atoms with E-state index in [4.69, 9.17) is 0 Å². The van der Waals surface area contributed by atoms with Crippen LogP contribution < -0.4 is 16.6 Å². The Bertz CT molecular complexity index is 1600. The number of amides is 1. The Morgan fingerprint density at radius 1 is 0.882 bits per heavy atom. The second-order valence-electron chi connectivity index (χ2n) is 7.27. The summed E-state index contributed by atoms with van der Waals surface area (Å²) >= 11 is 3.39. The van der Waals surface area contributed by atoms with Crippen LogP contribution in [-0.4, -0.2) is 32.7 Å². The van der Waals surface area contributed by atoms with Crippen molar-refractivity contribution in [2.45, 2.75) is 0 Å². The summed E-state index contributed by atoms with van der Waals surface area (Å²) in [5.41, 5.74) is 1.05. The summed E-state index contributed by atoms with van der Waals surface area (Å²) in [4.78, 5) is 42.6. The summed E-state index contributed by atoms with van der Waals surface area (Å²) in [5.74, 6) is -0.509. The maximum absolute atomic E-state index is 13.2. The smallest absolute Gasteiger partial charge is 0.320 e. The van der Waals surface area contributed by atoms with Gasteiger partial charge in [0.05, 0.1) is 11.4 Å². The van der Waals surface area contributed by atoms with Crippen LogP contribution in [0.5, 0.6) is 0 Å². The van der Waals surface area contributed by atoms with Gasteiger partial charge in [0, 0.05) is 21.8 Å².